The topological polar surface area (TPSA) is 123 Å². The number of imidazole rings is 1. The molecule has 12 heteroatoms. The van der Waals surface area contributed by atoms with E-state index in [2.05, 4.69) is 30.9 Å². The predicted molar refractivity (Wildman–Crippen MR) is 130 cm³/mol. The van der Waals surface area contributed by atoms with E-state index in [1.807, 2.05) is 34.9 Å². The summed E-state index contributed by atoms with van der Waals surface area (Å²) in [6.45, 7) is 0.994. The number of rotatable bonds is 5. The Bertz CT molecular complexity index is 1640. The summed E-state index contributed by atoms with van der Waals surface area (Å²) in [5.74, 6) is 1.64. The third-order valence-corrected chi connectivity index (χ3v) is 7.42. The van der Waals surface area contributed by atoms with Crippen molar-refractivity contribution in [1.82, 2.24) is 29.1 Å². The van der Waals surface area contributed by atoms with Crippen LogP contribution in [0, 0.1) is 0 Å². The fraction of sp³-hybridized carbons (Fsp3) is 0.136. The van der Waals surface area contributed by atoms with E-state index < -0.39 is 0 Å². The number of anilines is 1. The molecule has 0 fully saturated rings. The lowest BCUT2D eigenvalue weighted by atomic mass is 10.2. The summed E-state index contributed by atoms with van der Waals surface area (Å²) >= 11 is 5.02. The lowest BCUT2D eigenvalue weighted by molar-refractivity contribution is 0.174. The summed E-state index contributed by atoms with van der Waals surface area (Å²) in [6.07, 6.45) is 2.97. The Morgan fingerprint density at radius 2 is 1.91 bits per heavy atom. The van der Waals surface area contributed by atoms with Gasteiger partial charge in [-0.05, 0) is 40.2 Å². The fourth-order valence-corrected chi connectivity index (χ4v) is 5.27. The Kier molecular flexibility index (Phi) is 5.11. The molecule has 1 aliphatic rings. The van der Waals surface area contributed by atoms with Gasteiger partial charge >= 0.3 is 0 Å². The second-order valence-corrected chi connectivity index (χ2v) is 9.34. The van der Waals surface area contributed by atoms with Crippen LogP contribution in [0.4, 0.5) is 5.82 Å². The van der Waals surface area contributed by atoms with Crippen molar-refractivity contribution in [2.75, 3.05) is 12.5 Å². The summed E-state index contributed by atoms with van der Waals surface area (Å²) in [6, 6.07) is 11.1. The minimum Gasteiger partial charge on any atom is -0.454 e. The molecule has 0 saturated carbocycles. The second-order valence-electron chi connectivity index (χ2n) is 7.48. The first-order valence-corrected chi connectivity index (χ1v) is 11.9. The molecule has 3 aromatic heterocycles. The van der Waals surface area contributed by atoms with E-state index in [-0.39, 0.29) is 12.4 Å². The molecular weight excluding hydrogens is 522 g/mol. The summed E-state index contributed by atoms with van der Waals surface area (Å²) in [7, 11) is 0. The molecule has 1 aliphatic heterocycles. The molecule has 0 radical (unpaired) electrons. The lowest BCUT2D eigenvalue weighted by Crippen LogP contribution is -2.23. The smallest absolute Gasteiger partial charge is 0.261 e. The number of halogens is 1. The normalized spacial score (nSPS) is 12.6. The Morgan fingerprint density at radius 3 is 2.79 bits per heavy atom. The van der Waals surface area contributed by atoms with Crippen LogP contribution in [0.5, 0.6) is 11.5 Å². The van der Waals surface area contributed by atoms with Gasteiger partial charge in [-0.3, -0.25) is 9.36 Å². The van der Waals surface area contributed by atoms with Gasteiger partial charge in [0, 0.05) is 22.5 Å². The van der Waals surface area contributed by atoms with Crippen molar-refractivity contribution in [3.63, 3.8) is 0 Å². The molecule has 0 unspecified atom stereocenters. The number of nitrogens with two attached hydrogens (primary N) is 1. The molecular formula is C22H16BrN7O3S. The number of ether oxygens (including phenoxy) is 2. The largest absolute Gasteiger partial charge is 0.454 e. The summed E-state index contributed by atoms with van der Waals surface area (Å²) in [4.78, 5) is 31.4. The zero-order chi connectivity index (χ0) is 23.2. The van der Waals surface area contributed by atoms with Crippen LogP contribution in [0.1, 0.15) is 0 Å². The maximum atomic E-state index is 12.9. The van der Waals surface area contributed by atoms with Crippen LogP contribution in [0.3, 0.4) is 0 Å². The van der Waals surface area contributed by atoms with Gasteiger partial charge in [-0.15, -0.1) is 0 Å². The van der Waals surface area contributed by atoms with Crippen LogP contribution in [0.2, 0.25) is 0 Å². The maximum Gasteiger partial charge on any atom is 0.261 e. The highest BCUT2D eigenvalue weighted by Crippen LogP contribution is 2.43. The quantitative estimate of drug-likeness (QED) is 0.358. The molecule has 0 saturated heterocycles. The lowest BCUT2D eigenvalue weighted by Gasteiger charge is -2.11. The molecule has 2 N–H and O–H groups in total. The molecule has 0 bridgehead atoms. The first kappa shape index (κ1) is 20.9. The zero-order valence-corrected chi connectivity index (χ0v) is 19.9. The summed E-state index contributed by atoms with van der Waals surface area (Å²) in [5.41, 5.74) is 7.75. The van der Waals surface area contributed by atoms with Gasteiger partial charge in [-0.25, -0.2) is 19.9 Å². The molecule has 2 aromatic carbocycles. The number of nitrogens with zero attached hydrogens (tertiary/aromatic N) is 6. The van der Waals surface area contributed by atoms with Gasteiger partial charge in [0.25, 0.3) is 5.56 Å². The van der Waals surface area contributed by atoms with E-state index >= 15 is 0 Å². The van der Waals surface area contributed by atoms with Gasteiger partial charge in [-0.2, -0.15) is 0 Å². The van der Waals surface area contributed by atoms with Crippen LogP contribution < -0.4 is 20.8 Å². The van der Waals surface area contributed by atoms with E-state index in [1.54, 1.807) is 17.0 Å². The van der Waals surface area contributed by atoms with Crippen LogP contribution in [-0.2, 0) is 13.1 Å². The van der Waals surface area contributed by atoms with Crippen molar-refractivity contribution in [3.8, 4) is 11.5 Å². The molecule has 170 valence electrons. The number of hydrogen-bond donors (Lipinski definition) is 1. The molecule has 0 amide bonds. The van der Waals surface area contributed by atoms with E-state index in [4.69, 9.17) is 20.2 Å². The van der Waals surface area contributed by atoms with Crippen molar-refractivity contribution < 1.29 is 9.47 Å². The number of aromatic nitrogens is 6. The summed E-state index contributed by atoms with van der Waals surface area (Å²) in [5, 5.41) is 1.23. The minimum absolute atomic E-state index is 0.100. The highest BCUT2D eigenvalue weighted by atomic mass is 79.9. The molecule has 10 nitrogen and oxygen atoms in total. The number of aryl methyl sites for hydroxylation is 2. The predicted octanol–water partition coefficient (Wildman–Crippen LogP) is 3.46. The monoisotopic (exact) mass is 537 g/mol. The Hall–Kier alpha value is -3.64. The van der Waals surface area contributed by atoms with Crippen molar-refractivity contribution in [2.24, 2.45) is 0 Å². The third kappa shape index (κ3) is 3.55. The van der Waals surface area contributed by atoms with Crippen molar-refractivity contribution in [3.05, 3.63) is 63.9 Å². The first-order chi connectivity index (χ1) is 16.6. The number of benzene rings is 2. The molecule has 5 aromatic rings. The van der Waals surface area contributed by atoms with E-state index in [1.165, 1.54) is 18.1 Å². The first-order valence-electron chi connectivity index (χ1n) is 10.3. The SMILES string of the molecule is Nc1ncnc2c1nc(Sc1cc3c(cc1Br)OCO3)n2CCn1cnc2ccccc2c1=O. The number of para-hydroxylation sites is 1. The van der Waals surface area contributed by atoms with E-state index in [0.29, 0.717) is 57.6 Å². The fourth-order valence-electron chi connectivity index (χ4n) is 3.76. The Morgan fingerprint density at radius 1 is 1.09 bits per heavy atom. The van der Waals surface area contributed by atoms with Gasteiger partial charge in [-0.1, -0.05) is 23.9 Å². The average molecular weight is 538 g/mol. The number of fused-ring (bicyclic) bond motifs is 3. The molecule has 4 heterocycles. The number of hydrogen-bond acceptors (Lipinski definition) is 9. The molecule has 0 spiro atoms. The van der Waals surface area contributed by atoms with Gasteiger partial charge in [0.05, 0.1) is 17.2 Å². The minimum atomic E-state index is -0.100. The second kappa shape index (κ2) is 8.29. The van der Waals surface area contributed by atoms with Gasteiger partial charge in [0.1, 0.15) is 6.33 Å². The maximum absolute atomic E-state index is 12.9. The number of nitrogen functional groups attached to an aromatic ring is 1. The van der Waals surface area contributed by atoms with Crippen LogP contribution >= 0.6 is 27.7 Å². The highest BCUT2D eigenvalue weighted by Gasteiger charge is 2.21. The highest BCUT2D eigenvalue weighted by molar-refractivity contribution is 9.10. The van der Waals surface area contributed by atoms with Crippen LogP contribution in [-0.4, -0.2) is 35.9 Å². The molecule has 6 rings (SSSR count). The van der Waals surface area contributed by atoms with Crippen LogP contribution in [0.25, 0.3) is 22.1 Å². The molecule has 34 heavy (non-hydrogen) atoms. The zero-order valence-electron chi connectivity index (χ0n) is 17.5. The average Bonchev–Trinajstić information content (AvgIpc) is 3.44. The van der Waals surface area contributed by atoms with Gasteiger partial charge in [0.2, 0.25) is 6.79 Å². The Balaban J connectivity index is 1.39. The molecule has 0 atom stereocenters. The van der Waals surface area contributed by atoms with E-state index in [0.717, 1.165) is 9.37 Å². The summed E-state index contributed by atoms with van der Waals surface area (Å²) < 4.78 is 15.3. The molecule has 0 aliphatic carbocycles. The van der Waals surface area contributed by atoms with E-state index in [9.17, 15) is 4.79 Å². The van der Waals surface area contributed by atoms with Crippen molar-refractivity contribution in [1.29, 1.82) is 0 Å². The third-order valence-electron chi connectivity index (χ3n) is 5.45. The van der Waals surface area contributed by atoms with Gasteiger partial charge in [0.15, 0.2) is 33.6 Å². The van der Waals surface area contributed by atoms with Gasteiger partial charge < -0.3 is 19.8 Å². The van der Waals surface area contributed by atoms with Crippen molar-refractivity contribution in [2.45, 2.75) is 23.1 Å². The Labute approximate surface area is 204 Å². The van der Waals surface area contributed by atoms with Crippen LogP contribution in [0.15, 0.2) is 68.4 Å². The van der Waals surface area contributed by atoms with Crippen molar-refractivity contribution >= 4 is 55.6 Å². The standard InChI is InChI=1S/C22H16BrN7O3S/c23-13-7-15-16(33-11-32-15)8-17(13)34-22-28-18-19(24)25-9-26-20(18)30(22)6-5-29-10-27-14-4-2-1-3-12(14)21(29)31/h1-4,7-10H,5-6,11H2,(H2,24,25,26).